The molecule has 0 aliphatic rings. The van der Waals surface area contributed by atoms with Crippen molar-refractivity contribution in [2.75, 3.05) is 20.8 Å². The Morgan fingerprint density at radius 3 is 2.56 bits per heavy atom. The van der Waals surface area contributed by atoms with Crippen molar-refractivity contribution >= 4 is 6.47 Å². The van der Waals surface area contributed by atoms with Crippen molar-refractivity contribution < 1.29 is 29.2 Å². The summed E-state index contributed by atoms with van der Waals surface area (Å²) in [7, 11) is 2.97. The first-order valence-corrected chi connectivity index (χ1v) is 5.27. The predicted molar refractivity (Wildman–Crippen MR) is 62.5 cm³/mol. The fourth-order valence-corrected chi connectivity index (χ4v) is 1.62. The van der Waals surface area contributed by atoms with E-state index < -0.39 is 18.8 Å². The minimum atomic E-state index is -1.44. The molecule has 0 fully saturated rings. The van der Waals surface area contributed by atoms with Crippen LogP contribution in [0.25, 0.3) is 0 Å². The van der Waals surface area contributed by atoms with Crippen LogP contribution in [0, 0.1) is 0 Å². The van der Waals surface area contributed by atoms with Gasteiger partial charge in [-0.3, -0.25) is 4.79 Å². The second kappa shape index (κ2) is 6.83. The third-order valence-electron chi connectivity index (χ3n) is 2.58. The molecule has 2 atom stereocenters. The molecule has 0 radical (unpaired) electrons. The molecule has 0 aliphatic heterocycles. The molecule has 1 aromatic carbocycles. The van der Waals surface area contributed by atoms with Gasteiger partial charge in [0, 0.05) is 11.6 Å². The van der Waals surface area contributed by atoms with Gasteiger partial charge in [0.2, 0.25) is 6.29 Å². The van der Waals surface area contributed by atoms with E-state index in [1.54, 1.807) is 18.2 Å². The zero-order valence-corrected chi connectivity index (χ0v) is 10.2. The van der Waals surface area contributed by atoms with Crippen LogP contribution in [0.15, 0.2) is 18.2 Å². The van der Waals surface area contributed by atoms with Crippen LogP contribution in [0.2, 0.25) is 0 Å². The average Bonchev–Trinajstić information content (AvgIpc) is 2.40. The van der Waals surface area contributed by atoms with Gasteiger partial charge >= 0.3 is 0 Å². The van der Waals surface area contributed by atoms with Gasteiger partial charge in [-0.05, 0) is 6.07 Å². The summed E-state index contributed by atoms with van der Waals surface area (Å²) in [6, 6.07) is 4.91. The van der Waals surface area contributed by atoms with Crippen molar-refractivity contribution in [2.24, 2.45) is 0 Å². The molecule has 6 heteroatoms. The van der Waals surface area contributed by atoms with Crippen LogP contribution >= 0.6 is 0 Å². The lowest BCUT2D eigenvalue weighted by Crippen LogP contribution is -2.24. The van der Waals surface area contributed by atoms with Gasteiger partial charge in [0.1, 0.15) is 11.5 Å². The van der Waals surface area contributed by atoms with Crippen molar-refractivity contribution in [1.29, 1.82) is 0 Å². The highest BCUT2D eigenvalue weighted by Gasteiger charge is 2.25. The molecule has 0 aromatic heterocycles. The molecule has 0 amide bonds. The second-order valence-electron chi connectivity index (χ2n) is 3.52. The van der Waals surface area contributed by atoms with Gasteiger partial charge < -0.3 is 24.4 Å². The Morgan fingerprint density at radius 1 is 1.33 bits per heavy atom. The molecule has 0 heterocycles. The molecule has 100 valence electrons. The van der Waals surface area contributed by atoms with E-state index in [2.05, 4.69) is 4.74 Å². The predicted octanol–water partition coefficient (Wildman–Crippen LogP) is 0.271. The summed E-state index contributed by atoms with van der Waals surface area (Å²) in [5, 5.41) is 18.9. The summed E-state index contributed by atoms with van der Waals surface area (Å²) in [6.45, 7) is -0.263. The quantitative estimate of drug-likeness (QED) is 0.538. The molecular weight excluding hydrogens is 240 g/mol. The number of aliphatic hydroxyl groups excluding tert-OH is 2. The van der Waals surface area contributed by atoms with E-state index >= 15 is 0 Å². The van der Waals surface area contributed by atoms with Crippen LogP contribution in [-0.2, 0) is 9.53 Å². The number of methoxy groups -OCH3 is 2. The van der Waals surface area contributed by atoms with E-state index in [-0.39, 0.29) is 6.47 Å². The Balaban J connectivity index is 3.08. The highest BCUT2D eigenvalue weighted by atomic mass is 16.6. The fraction of sp³-hybridized carbons (Fsp3) is 0.417. The van der Waals surface area contributed by atoms with E-state index in [1.165, 1.54) is 14.2 Å². The Hall–Kier alpha value is -1.79. The largest absolute Gasteiger partial charge is 0.497 e. The number of ether oxygens (including phenoxy) is 3. The highest BCUT2D eigenvalue weighted by Crippen LogP contribution is 2.32. The van der Waals surface area contributed by atoms with Crippen LogP contribution in [0.5, 0.6) is 11.5 Å². The molecule has 6 nitrogen and oxygen atoms in total. The van der Waals surface area contributed by atoms with Gasteiger partial charge in [-0.15, -0.1) is 0 Å². The van der Waals surface area contributed by atoms with Gasteiger partial charge in [0.25, 0.3) is 6.47 Å². The summed E-state index contributed by atoms with van der Waals surface area (Å²) in [5.74, 6) is 0.232. The number of carbonyl (C=O) groups is 1. The normalized spacial score (nSPS) is 13.6. The summed E-state index contributed by atoms with van der Waals surface area (Å²) in [6.07, 6.45) is -1.44. The van der Waals surface area contributed by atoms with Gasteiger partial charge in [0.15, 0.2) is 0 Å². The second-order valence-corrected chi connectivity index (χ2v) is 3.52. The monoisotopic (exact) mass is 256 g/mol. The van der Waals surface area contributed by atoms with E-state index in [1.807, 2.05) is 0 Å². The minimum absolute atomic E-state index is 0.128. The molecule has 0 bridgehead atoms. The SMILES string of the molecule is COc1ccc(C(CO)C(O)OC=O)c(OC)c1. The van der Waals surface area contributed by atoms with E-state index in [0.717, 1.165) is 0 Å². The average molecular weight is 256 g/mol. The van der Waals surface area contributed by atoms with Crippen LogP contribution < -0.4 is 9.47 Å². The van der Waals surface area contributed by atoms with E-state index in [4.69, 9.17) is 9.47 Å². The topological polar surface area (TPSA) is 85.2 Å². The minimum Gasteiger partial charge on any atom is -0.497 e. The van der Waals surface area contributed by atoms with E-state index in [0.29, 0.717) is 17.1 Å². The molecule has 1 rings (SSSR count). The van der Waals surface area contributed by atoms with E-state index in [9.17, 15) is 15.0 Å². The van der Waals surface area contributed by atoms with Crippen LogP contribution in [0.4, 0.5) is 0 Å². The van der Waals surface area contributed by atoms with Gasteiger partial charge in [-0.2, -0.15) is 0 Å². The van der Waals surface area contributed by atoms with Crippen LogP contribution in [-0.4, -0.2) is 43.8 Å². The molecular formula is C12H16O6. The van der Waals surface area contributed by atoms with Crippen molar-refractivity contribution in [3.63, 3.8) is 0 Å². The Kier molecular flexibility index (Phi) is 5.41. The molecule has 0 aliphatic carbocycles. The zero-order chi connectivity index (χ0) is 13.5. The number of carbonyl (C=O) groups excluding carboxylic acids is 1. The maximum Gasteiger partial charge on any atom is 0.295 e. The first-order valence-electron chi connectivity index (χ1n) is 5.27. The molecule has 1 aromatic rings. The van der Waals surface area contributed by atoms with Gasteiger partial charge in [0.05, 0.1) is 26.7 Å². The molecule has 0 saturated carbocycles. The molecule has 0 spiro atoms. The van der Waals surface area contributed by atoms with Crippen molar-refractivity contribution in [2.45, 2.75) is 12.2 Å². The Labute approximate surface area is 105 Å². The third kappa shape index (κ3) is 3.12. The van der Waals surface area contributed by atoms with Crippen LogP contribution in [0.1, 0.15) is 11.5 Å². The van der Waals surface area contributed by atoms with Crippen LogP contribution in [0.3, 0.4) is 0 Å². The smallest absolute Gasteiger partial charge is 0.295 e. The third-order valence-corrected chi connectivity index (χ3v) is 2.58. The lowest BCUT2D eigenvalue weighted by Gasteiger charge is -2.21. The lowest BCUT2D eigenvalue weighted by atomic mass is 9.98. The summed E-state index contributed by atoms with van der Waals surface area (Å²) >= 11 is 0. The maximum atomic E-state index is 10.2. The summed E-state index contributed by atoms with van der Waals surface area (Å²) in [4.78, 5) is 10.2. The fourth-order valence-electron chi connectivity index (χ4n) is 1.62. The maximum absolute atomic E-state index is 10.2. The Morgan fingerprint density at radius 2 is 2.06 bits per heavy atom. The first-order chi connectivity index (χ1) is 8.67. The van der Waals surface area contributed by atoms with Gasteiger partial charge in [-0.1, -0.05) is 6.07 Å². The molecule has 2 N–H and O–H groups in total. The number of hydrogen-bond acceptors (Lipinski definition) is 6. The number of benzene rings is 1. The van der Waals surface area contributed by atoms with Crippen molar-refractivity contribution in [3.05, 3.63) is 23.8 Å². The van der Waals surface area contributed by atoms with Crippen molar-refractivity contribution in [1.82, 2.24) is 0 Å². The summed E-state index contributed by atoms with van der Waals surface area (Å²) < 4.78 is 14.6. The molecule has 2 unspecified atom stereocenters. The lowest BCUT2D eigenvalue weighted by molar-refractivity contribution is -0.157. The van der Waals surface area contributed by atoms with Gasteiger partial charge in [-0.25, -0.2) is 0 Å². The first kappa shape index (κ1) is 14.3. The number of rotatable bonds is 7. The number of hydrogen-bond donors (Lipinski definition) is 2. The number of aliphatic hydroxyl groups is 2. The summed E-state index contributed by atoms with van der Waals surface area (Å²) in [5.41, 5.74) is 0.523. The van der Waals surface area contributed by atoms with Crippen molar-refractivity contribution in [3.8, 4) is 11.5 Å². The standard InChI is InChI=1S/C12H16O6/c1-16-8-3-4-9(11(5-8)17-2)10(6-13)12(15)18-7-14/h3-5,7,10,12-13,15H,6H2,1-2H3. The Bertz CT molecular complexity index is 392. The zero-order valence-electron chi connectivity index (χ0n) is 10.2. The molecule has 0 saturated heterocycles. The highest BCUT2D eigenvalue weighted by molar-refractivity contribution is 5.44. The molecule has 18 heavy (non-hydrogen) atoms.